The van der Waals surface area contributed by atoms with E-state index in [1.807, 2.05) is 13.0 Å². The first-order valence-corrected chi connectivity index (χ1v) is 6.26. The van der Waals surface area contributed by atoms with Crippen LogP contribution in [0.25, 0.3) is 0 Å². The molecule has 0 radical (unpaired) electrons. The molecule has 21 heavy (non-hydrogen) atoms. The lowest BCUT2D eigenvalue weighted by Gasteiger charge is -2.28. The van der Waals surface area contributed by atoms with E-state index in [0.29, 0.717) is 5.56 Å². The third-order valence-electron chi connectivity index (χ3n) is 3.03. The number of aliphatic carboxylic acids is 2. The van der Waals surface area contributed by atoms with Crippen LogP contribution in [-0.2, 0) is 14.4 Å². The van der Waals surface area contributed by atoms with Crippen LogP contribution in [0.5, 0.6) is 0 Å². The Bertz CT molecular complexity index is 554. The molecule has 0 bridgehead atoms. The molecule has 0 spiro atoms. The highest BCUT2D eigenvalue weighted by Gasteiger charge is 2.30. The Morgan fingerprint density at radius 3 is 2.05 bits per heavy atom. The van der Waals surface area contributed by atoms with Gasteiger partial charge in [-0.1, -0.05) is 23.8 Å². The van der Waals surface area contributed by atoms with Gasteiger partial charge in [0.25, 0.3) is 0 Å². The van der Waals surface area contributed by atoms with Crippen LogP contribution in [0.2, 0.25) is 0 Å². The van der Waals surface area contributed by atoms with Gasteiger partial charge in [-0.15, -0.1) is 0 Å². The summed E-state index contributed by atoms with van der Waals surface area (Å²) in [6.07, 6.45) is 0. The van der Waals surface area contributed by atoms with E-state index < -0.39 is 37.0 Å². The van der Waals surface area contributed by atoms with Crippen LogP contribution in [0, 0.1) is 13.8 Å². The van der Waals surface area contributed by atoms with Crippen molar-refractivity contribution in [1.82, 2.24) is 4.90 Å². The van der Waals surface area contributed by atoms with Crippen molar-refractivity contribution in [3.8, 4) is 0 Å². The summed E-state index contributed by atoms with van der Waals surface area (Å²) in [5.41, 5.74) is 7.60. The van der Waals surface area contributed by atoms with Crippen LogP contribution in [0.15, 0.2) is 18.2 Å². The largest absolute Gasteiger partial charge is 0.480 e. The summed E-state index contributed by atoms with van der Waals surface area (Å²) >= 11 is 0. The fraction of sp³-hybridized carbons (Fsp3) is 0.357. The minimum absolute atomic E-state index is 0.510. The van der Waals surface area contributed by atoms with E-state index >= 15 is 0 Å². The first-order chi connectivity index (χ1) is 9.72. The summed E-state index contributed by atoms with van der Waals surface area (Å²) in [5.74, 6) is -3.25. The van der Waals surface area contributed by atoms with Crippen molar-refractivity contribution in [1.29, 1.82) is 0 Å². The number of nitrogens with zero attached hydrogens (tertiary/aromatic N) is 1. The van der Waals surface area contributed by atoms with Crippen molar-refractivity contribution in [2.45, 2.75) is 19.9 Å². The topological polar surface area (TPSA) is 121 Å². The summed E-state index contributed by atoms with van der Waals surface area (Å²) in [4.78, 5) is 34.6. The van der Waals surface area contributed by atoms with Crippen molar-refractivity contribution < 1.29 is 24.6 Å². The second kappa shape index (κ2) is 6.85. The molecule has 0 heterocycles. The van der Waals surface area contributed by atoms with Crippen LogP contribution in [0.4, 0.5) is 0 Å². The highest BCUT2D eigenvalue weighted by molar-refractivity contribution is 5.84. The van der Waals surface area contributed by atoms with Gasteiger partial charge in [0.1, 0.15) is 6.04 Å². The molecule has 114 valence electrons. The van der Waals surface area contributed by atoms with E-state index in [1.54, 1.807) is 19.1 Å². The van der Waals surface area contributed by atoms with Gasteiger partial charge in [-0.3, -0.25) is 19.3 Å². The summed E-state index contributed by atoms with van der Waals surface area (Å²) in [5, 5.41) is 17.8. The Morgan fingerprint density at radius 2 is 1.67 bits per heavy atom. The number of hydrogen-bond donors (Lipinski definition) is 3. The number of benzene rings is 1. The van der Waals surface area contributed by atoms with E-state index in [1.165, 1.54) is 0 Å². The standard InChI is InChI=1S/C14H18N2O5/c1-8-3-4-10(9(2)5-8)13(14(15)21)16(6-11(17)18)7-12(19)20/h3-5,13H,6-7H2,1-2H3,(H2,15,21)(H,17,18)(H,19,20). The molecule has 1 unspecified atom stereocenters. The summed E-state index contributed by atoms with van der Waals surface area (Å²) in [7, 11) is 0. The minimum Gasteiger partial charge on any atom is -0.480 e. The predicted octanol–water partition coefficient (Wildman–Crippen LogP) is 0.301. The van der Waals surface area contributed by atoms with Gasteiger partial charge in [0.05, 0.1) is 13.1 Å². The van der Waals surface area contributed by atoms with E-state index in [4.69, 9.17) is 15.9 Å². The smallest absolute Gasteiger partial charge is 0.317 e. The molecule has 4 N–H and O–H groups in total. The lowest BCUT2D eigenvalue weighted by Crippen LogP contribution is -2.43. The van der Waals surface area contributed by atoms with Crippen LogP contribution < -0.4 is 5.73 Å². The number of rotatable bonds is 7. The monoisotopic (exact) mass is 294 g/mol. The molecule has 1 rings (SSSR count). The molecule has 1 amide bonds. The summed E-state index contributed by atoms with van der Waals surface area (Å²) < 4.78 is 0. The molecule has 0 saturated heterocycles. The number of carboxylic acid groups (broad SMARTS) is 2. The highest BCUT2D eigenvalue weighted by atomic mass is 16.4. The number of primary amides is 1. The Morgan fingerprint density at radius 1 is 1.14 bits per heavy atom. The molecule has 1 aromatic rings. The van der Waals surface area contributed by atoms with Crippen molar-refractivity contribution in [2.24, 2.45) is 5.73 Å². The zero-order valence-electron chi connectivity index (χ0n) is 11.9. The van der Waals surface area contributed by atoms with Crippen LogP contribution in [-0.4, -0.2) is 46.0 Å². The highest BCUT2D eigenvalue weighted by Crippen LogP contribution is 2.24. The van der Waals surface area contributed by atoms with Gasteiger partial charge < -0.3 is 15.9 Å². The third-order valence-corrected chi connectivity index (χ3v) is 3.03. The summed E-state index contributed by atoms with van der Waals surface area (Å²) in [6.45, 7) is 2.46. The second-order valence-electron chi connectivity index (χ2n) is 4.86. The number of carbonyl (C=O) groups excluding carboxylic acids is 1. The first kappa shape index (κ1) is 16.6. The Kier molecular flexibility index (Phi) is 5.43. The molecule has 0 saturated carbocycles. The van der Waals surface area contributed by atoms with Crippen LogP contribution >= 0.6 is 0 Å². The third kappa shape index (κ3) is 4.57. The van der Waals surface area contributed by atoms with Gasteiger partial charge in [0.2, 0.25) is 5.91 Å². The number of amides is 1. The van der Waals surface area contributed by atoms with E-state index in [-0.39, 0.29) is 0 Å². The zero-order valence-corrected chi connectivity index (χ0v) is 11.9. The fourth-order valence-electron chi connectivity index (χ4n) is 2.25. The van der Waals surface area contributed by atoms with E-state index in [0.717, 1.165) is 16.0 Å². The van der Waals surface area contributed by atoms with E-state index in [2.05, 4.69) is 0 Å². The van der Waals surface area contributed by atoms with Crippen LogP contribution in [0.3, 0.4) is 0 Å². The molecule has 1 aromatic carbocycles. The van der Waals surface area contributed by atoms with Gasteiger partial charge in [-0.2, -0.15) is 0 Å². The SMILES string of the molecule is Cc1ccc(C(C(N)=O)N(CC(=O)O)CC(=O)O)c(C)c1. The molecule has 1 atom stereocenters. The average molecular weight is 294 g/mol. The molecule has 0 aliphatic carbocycles. The number of carboxylic acids is 2. The lowest BCUT2D eigenvalue weighted by atomic mass is 9.97. The maximum atomic E-state index is 11.7. The number of carbonyl (C=O) groups is 3. The van der Waals surface area contributed by atoms with Crippen molar-refractivity contribution in [2.75, 3.05) is 13.1 Å². The molecular formula is C14H18N2O5. The molecule has 7 nitrogen and oxygen atoms in total. The predicted molar refractivity (Wildman–Crippen MR) is 74.7 cm³/mol. The number of aryl methyl sites for hydroxylation is 2. The molecule has 0 aliphatic rings. The number of nitrogens with two attached hydrogens (primary N) is 1. The number of hydrogen-bond acceptors (Lipinski definition) is 4. The van der Waals surface area contributed by atoms with Gasteiger partial charge in [-0.25, -0.2) is 0 Å². The quantitative estimate of drug-likeness (QED) is 0.665. The average Bonchev–Trinajstić information content (AvgIpc) is 2.30. The molecule has 0 fully saturated rings. The van der Waals surface area contributed by atoms with Crippen molar-refractivity contribution >= 4 is 17.8 Å². The Labute approximate surface area is 122 Å². The van der Waals surface area contributed by atoms with Gasteiger partial charge in [0, 0.05) is 0 Å². The lowest BCUT2D eigenvalue weighted by molar-refractivity contribution is -0.143. The van der Waals surface area contributed by atoms with Crippen LogP contribution in [0.1, 0.15) is 22.7 Å². The van der Waals surface area contributed by atoms with Crippen molar-refractivity contribution in [3.05, 3.63) is 34.9 Å². The van der Waals surface area contributed by atoms with Crippen molar-refractivity contribution in [3.63, 3.8) is 0 Å². The maximum Gasteiger partial charge on any atom is 0.317 e. The second-order valence-corrected chi connectivity index (χ2v) is 4.86. The Hall–Kier alpha value is -2.41. The normalized spacial score (nSPS) is 12.1. The minimum atomic E-state index is -1.23. The Balaban J connectivity index is 3.26. The maximum absolute atomic E-state index is 11.7. The molecule has 0 aromatic heterocycles. The first-order valence-electron chi connectivity index (χ1n) is 6.26. The zero-order chi connectivity index (χ0) is 16.2. The van der Waals surface area contributed by atoms with E-state index in [9.17, 15) is 14.4 Å². The summed E-state index contributed by atoms with van der Waals surface area (Å²) in [6, 6.07) is 4.15. The molecule has 7 heteroatoms. The van der Waals surface area contributed by atoms with Gasteiger partial charge in [0.15, 0.2) is 0 Å². The van der Waals surface area contributed by atoms with Gasteiger partial charge >= 0.3 is 11.9 Å². The molecular weight excluding hydrogens is 276 g/mol. The van der Waals surface area contributed by atoms with Gasteiger partial charge in [-0.05, 0) is 25.0 Å². The molecule has 0 aliphatic heterocycles. The fourth-order valence-corrected chi connectivity index (χ4v) is 2.25.